The third-order valence-corrected chi connectivity index (χ3v) is 9.64. The average molecular weight is 375 g/mol. The van der Waals surface area contributed by atoms with Gasteiger partial charge in [0.15, 0.2) is 8.32 Å². The predicted octanol–water partition coefficient (Wildman–Crippen LogP) is 3.10. The van der Waals surface area contributed by atoms with Crippen molar-refractivity contribution in [1.29, 1.82) is 0 Å². The second kappa shape index (κ2) is 7.94. The summed E-state index contributed by atoms with van der Waals surface area (Å²) in [6.07, 6.45) is -0.0600. The van der Waals surface area contributed by atoms with E-state index in [1.54, 1.807) is 4.90 Å². The molecule has 0 aromatic heterocycles. The van der Waals surface area contributed by atoms with E-state index in [4.69, 9.17) is 14.9 Å². The molecule has 1 aliphatic heterocycles. The number of amides is 1. The second-order valence-corrected chi connectivity index (χ2v) is 14.3. The van der Waals surface area contributed by atoms with Crippen molar-refractivity contribution in [2.24, 2.45) is 5.73 Å². The minimum absolute atomic E-state index is 0.0779. The Hall–Kier alpha value is -0.633. The number of nitrogens with zero attached hydrogens (tertiary/aromatic N) is 1. The molecule has 0 aliphatic carbocycles. The van der Waals surface area contributed by atoms with E-state index >= 15 is 0 Å². The van der Waals surface area contributed by atoms with Crippen LogP contribution < -0.4 is 5.73 Å². The zero-order valence-corrected chi connectivity index (χ0v) is 18.3. The van der Waals surface area contributed by atoms with E-state index in [1.807, 2.05) is 20.8 Å². The molecule has 1 heterocycles. The van der Waals surface area contributed by atoms with Crippen LogP contribution in [0.25, 0.3) is 0 Å². The molecule has 0 unspecified atom stereocenters. The number of hydrogen-bond acceptors (Lipinski definition) is 5. The summed E-state index contributed by atoms with van der Waals surface area (Å²) in [5, 5.41) is 10.6. The largest absolute Gasteiger partial charge is 0.444 e. The second-order valence-electron chi connectivity index (χ2n) is 9.58. The fraction of sp³-hybridized carbons (Fsp3) is 0.944. The van der Waals surface area contributed by atoms with Gasteiger partial charge in [-0.2, -0.15) is 0 Å². The monoisotopic (exact) mass is 374 g/mol. The SMILES string of the molecule is CC(C)(C)OC(=O)N1C[C@H](O[Si](C)(C)C(C)(C)C)C[C@H]1[C@@H](O)CCN. The molecule has 1 fully saturated rings. The van der Waals surface area contributed by atoms with Crippen molar-refractivity contribution >= 4 is 14.4 Å². The van der Waals surface area contributed by atoms with E-state index in [2.05, 4.69) is 33.9 Å². The summed E-state index contributed by atoms with van der Waals surface area (Å²) in [5.41, 5.74) is 5.02. The molecule has 0 saturated carbocycles. The van der Waals surface area contributed by atoms with E-state index in [0.29, 0.717) is 25.9 Å². The van der Waals surface area contributed by atoms with Crippen LogP contribution >= 0.6 is 0 Å². The number of carbonyl (C=O) groups is 1. The topological polar surface area (TPSA) is 85.0 Å². The highest BCUT2D eigenvalue weighted by atomic mass is 28.4. The molecule has 1 aliphatic rings. The number of nitrogens with two attached hydrogens (primary N) is 1. The van der Waals surface area contributed by atoms with Crippen molar-refractivity contribution in [3.05, 3.63) is 0 Å². The first kappa shape index (κ1) is 22.4. The van der Waals surface area contributed by atoms with E-state index < -0.39 is 26.1 Å². The molecule has 1 amide bonds. The van der Waals surface area contributed by atoms with Crippen LogP contribution in [0.3, 0.4) is 0 Å². The number of aliphatic hydroxyl groups excluding tert-OH is 1. The molecule has 6 nitrogen and oxygen atoms in total. The number of aliphatic hydroxyl groups is 1. The van der Waals surface area contributed by atoms with Crippen molar-refractivity contribution in [3.63, 3.8) is 0 Å². The molecule has 7 heteroatoms. The van der Waals surface area contributed by atoms with Crippen molar-refractivity contribution < 1.29 is 19.1 Å². The molecule has 148 valence electrons. The molecule has 0 aromatic rings. The number of carbonyl (C=O) groups excluding carboxylic acids is 1. The van der Waals surface area contributed by atoms with Crippen LogP contribution in [0.5, 0.6) is 0 Å². The van der Waals surface area contributed by atoms with E-state index in [1.165, 1.54) is 0 Å². The number of ether oxygens (including phenoxy) is 1. The zero-order chi connectivity index (χ0) is 19.6. The third kappa shape index (κ3) is 6.23. The van der Waals surface area contributed by atoms with E-state index in [9.17, 15) is 9.90 Å². The Labute approximate surface area is 154 Å². The first-order chi connectivity index (χ1) is 11.2. The number of likely N-dealkylation sites (tertiary alicyclic amines) is 1. The molecule has 0 radical (unpaired) electrons. The Morgan fingerprint density at radius 3 is 2.28 bits per heavy atom. The standard InChI is InChI=1S/C18H38N2O4Si/c1-17(2,3)23-16(22)20-12-13(11-14(20)15(21)9-10-19)24-25(7,8)18(4,5)6/h13-15,21H,9-12,19H2,1-8H3/t13-,14+,15+/m1/s1. The molecule has 0 aromatic carbocycles. The Kier molecular flexibility index (Phi) is 7.12. The third-order valence-electron chi connectivity index (χ3n) is 5.11. The van der Waals surface area contributed by atoms with Gasteiger partial charge in [-0.1, -0.05) is 20.8 Å². The number of rotatable bonds is 5. The fourth-order valence-electron chi connectivity index (χ4n) is 2.76. The van der Waals surface area contributed by atoms with Gasteiger partial charge in [-0.3, -0.25) is 4.90 Å². The molecule has 1 rings (SSSR count). The maximum Gasteiger partial charge on any atom is 0.410 e. The summed E-state index contributed by atoms with van der Waals surface area (Å²) >= 11 is 0. The predicted molar refractivity (Wildman–Crippen MR) is 103 cm³/mol. The molecule has 3 atom stereocenters. The highest BCUT2D eigenvalue weighted by Gasteiger charge is 2.46. The van der Waals surface area contributed by atoms with Crippen LogP contribution in [0.1, 0.15) is 54.4 Å². The Bertz CT molecular complexity index is 457. The number of hydrogen-bond donors (Lipinski definition) is 2. The molecular formula is C18H38N2O4Si. The summed E-state index contributed by atoms with van der Waals surface area (Å²) < 4.78 is 12.0. The Balaban J connectivity index is 2.92. The van der Waals surface area contributed by atoms with E-state index in [0.717, 1.165) is 0 Å². The van der Waals surface area contributed by atoms with Crippen LogP contribution in [0.2, 0.25) is 18.1 Å². The Morgan fingerprint density at radius 1 is 1.28 bits per heavy atom. The lowest BCUT2D eigenvalue weighted by molar-refractivity contribution is 0.00392. The minimum Gasteiger partial charge on any atom is -0.444 e. The molecular weight excluding hydrogens is 336 g/mol. The minimum atomic E-state index is -1.95. The lowest BCUT2D eigenvalue weighted by Crippen LogP contribution is -2.46. The molecule has 25 heavy (non-hydrogen) atoms. The molecule has 3 N–H and O–H groups in total. The van der Waals surface area contributed by atoms with Gasteiger partial charge in [0.25, 0.3) is 0 Å². The van der Waals surface area contributed by atoms with Gasteiger partial charge in [0.05, 0.1) is 18.2 Å². The van der Waals surface area contributed by atoms with Gasteiger partial charge < -0.3 is 20.0 Å². The van der Waals surface area contributed by atoms with Crippen LogP contribution in [0.4, 0.5) is 4.79 Å². The average Bonchev–Trinajstić information content (AvgIpc) is 2.79. The summed E-state index contributed by atoms with van der Waals surface area (Å²) in [5.74, 6) is 0. The van der Waals surface area contributed by atoms with Crippen molar-refractivity contribution in [2.45, 2.75) is 96.4 Å². The highest BCUT2D eigenvalue weighted by Crippen LogP contribution is 2.39. The van der Waals surface area contributed by atoms with Gasteiger partial charge in [-0.25, -0.2) is 4.79 Å². The van der Waals surface area contributed by atoms with Crippen LogP contribution in [-0.4, -0.2) is 61.4 Å². The summed E-state index contributed by atoms with van der Waals surface area (Å²) in [7, 11) is -1.95. The van der Waals surface area contributed by atoms with Crippen LogP contribution in [0.15, 0.2) is 0 Å². The van der Waals surface area contributed by atoms with Gasteiger partial charge in [0, 0.05) is 6.54 Å². The van der Waals surface area contributed by atoms with Crippen LogP contribution in [0, 0.1) is 0 Å². The van der Waals surface area contributed by atoms with Gasteiger partial charge in [-0.05, 0) is 58.3 Å². The summed E-state index contributed by atoms with van der Waals surface area (Å²) in [4.78, 5) is 14.2. The van der Waals surface area contributed by atoms with E-state index in [-0.39, 0.29) is 17.2 Å². The highest BCUT2D eigenvalue weighted by molar-refractivity contribution is 6.74. The fourth-order valence-corrected chi connectivity index (χ4v) is 4.12. The first-order valence-corrected chi connectivity index (χ1v) is 12.1. The summed E-state index contributed by atoms with van der Waals surface area (Å²) in [6, 6.07) is -0.312. The zero-order valence-electron chi connectivity index (χ0n) is 17.3. The smallest absolute Gasteiger partial charge is 0.410 e. The Morgan fingerprint density at radius 2 is 1.84 bits per heavy atom. The van der Waals surface area contributed by atoms with Gasteiger partial charge in [-0.15, -0.1) is 0 Å². The molecule has 0 bridgehead atoms. The lowest BCUT2D eigenvalue weighted by atomic mass is 10.1. The van der Waals surface area contributed by atoms with Crippen molar-refractivity contribution in [2.75, 3.05) is 13.1 Å². The maximum atomic E-state index is 12.6. The molecule has 0 spiro atoms. The van der Waals surface area contributed by atoms with Gasteiger partial charge in [0.1, 0.15) is 5.60 Å². The maximum absolute atomic E-state index is 12.6. The van der Waals surface area contributed by atoms with Gasteiger partial charge in [0.2, 0.25) is 0 Å². The normalized spacial score (nSPS) is 23.7. The van der Waals surface area contributed by atoms with Crippen molar-refractivity contribution in [1.82, 2.24) is 4.90 Å². The van der Waals surface area contributed by atoms with Gasteiger partial charge >= 0.3 is 6.09 Å². The van der Waals surface area contributed by atoms with Crippen LogP contribution in [-0.2, 0) is 9.16 Å². The quantitative estimate of drug-likeness (QED) is 0.722. The first-order valence-electron chi connectivity index (χ1n) is 9.23. The van der Waals surface area contributed by atoms with Crippen molar-refractivity contribution in [3.8, 4) is 0 Å². The lowest BCUT2D eigenvalue weighted by Gasteiger charge is -2.38. The summed E-state index contributed by atoms with van der Waals surface area (Å²) in [6.45, 7) is 17.4. The molecule has 1 saturated heterocycles.